The number of allylic oxidation sites excluding steroid dienone is 4. The van der Waals surface area contributed by atoms with Crippen molar-refractivity contribution < 1.29 is 0 Å². The van der Waals surface area contributed by atoms with E-state index in [1.807, 2.05) is 13.0 Å². The third kappa shape index (κ3) is 1.67. The highest BCUT2D eigenvalue weighted by molar-refractivity contribution is 5.68. The Hall–Kier alpha value is -1.83. The van der Waals surface area contributed by atoms with Crippen molar-refractivity contribution in [3.05, 3.63) is 48.6 Å². The first-order valence-electron chi connectivity index (χ1n) is 5.49. The van der Waals surface area contributed by atoms with Crippen molar-refractivity contribution in [2.45, 2.75) is 19.8 Å². The highest BCUT2D eigenvalue weighted by Gasteiger charge is 2.12. The average Bonchev–Trinajstić information content (AvgIpc) is 2.66. The fourth-order valence-electron chi connectivity index (χ4n) is 2.01. The molecule has 0 spiro atoms. The van der Waals surface area contributed by atoms with Crippen LogP contribution in [-0.4, -0.2) is 9.55 Å². The molecule has 1 aromatic heterocycles. The van der Waals surface area contributed by atoms with Crippen molar-refractivity contribution in [1.82, 2.24) is 9.55 Å². The van der Waals surface area contributed by atoms with E-state index in [2.05, 4.69) is 40.9 Å². The molecule has 0 saturated carbocycles. The zero-order valence-electron chi connectivity index (χ0n) is 9.61. The van der Waals surface area contributed by atoms with E-state index < -0.39 is 0 Å². The third-order valence-electron chi connectivity index (χ3n) is 2.73. The van der Waals surface area contributed by atoms with Gasteiger partial charge in [-0.05, 0) is 38.0 Å². The lowest BCUT2D eigenvalue weighted by molar-refractivity contribution is 0.956. The SMILES string of the molecule is C=Cc1nc(C)n(C2=CCCC=C2)c1C=C. The summed E-state index contributed by atoms with van der Waals surface area (Å²) in [6.45, 7) is 9.63. The van der Waals surface area contributed by atoms with Crippen molar-refractivity contribution >= 4 is 17.8 Å². The Morgan fingerprint density at radius 1 is 1.31 bits per heavy atom. The van der Waals surface area contributed by atoms with Crippen molar-refractivity contribution in [2.75, 3.05) is 0 Å². The fraction of sp³-hybridized carbons (Fsp3) is 0.214. The van der Waals surface area contributed by atoms with E-state index in [4.69, 9.17) is 0 Å². The molecular formula is C14H16N2. The molecule has 16 heavy (non-hydrogen) atoms. The van der Waals surface area contributed by atoms with Gasteiger partial charge in [-0.1, -0.05) is 25.3 Å². The summed E-state index contributed by atoms with van der Waals surface area (Å²) in [6, 6.07) is 0. The van der Waals surface area contributed by atoms with Crippen molar-refractivity contribution in [1.29, 1.82) is 0 Å². The van der Waals surface area contributed by atoms with E-state index in [1.54, 1.807) is 6.08 Å². The number of hydrogen-bond acceptors (Lipinski definition) is 1. The first-order chi connectivity index (χ1) is 7.77. The van der Waals surface area contributed by atoms with Gasteiger partial charge in [-0.25, -0.2) is 4.98 Å². The number of imidazole rings is 1. The summed E-state index contributed by atoms with van der Waals surface area (Å²) in [5, 5.41) is 0. The van der Waals surface area contributed by atoms with E-state index in [1.165, 1.54) is 5.70 Å². The van der Waals surface area contributed by atoms with E-state index in [0.717, 1.165) is 30.1 Å². The number of aryl methyl sites for hydroxylation is 1. The van der Waals surface area contributed by atoms with Crippen LogP contribution in [0.5, 0.6) is 0 Å². The molecule has 2 rings (SSSR count). The van der Waals surface area contributed by atoms with Gasteiger partial charge in [-0.2, -0.15) is 0 Å². The molecule has 0 N–H and O–H groups in total. The van der Waals surface area contributed by atoms with Gasteiger partial charge in [-0.15, -0.1) is 0 Å². The molecule has 82 valence electrons. The predicted octanol–water partition coefficient (Wildman–Crippen LogP) is 3.67. The average molecular weight is 212 g/mol. The van der Waals surface area contributed by atoms with E-state index in [0.29, 0.717) is 0 Å². The minimum Gasteiger partial charge on any atom is -0.297 e. The largest absolute Gasteiger partial charge is 0.297 e. The van der Waals surface area contributed by atoms with E-state index >= 15 is 0 Å². The van der Waals surface area contributed by atoms with Crippen LogP contribution in [0.15, 0.2) is 31.4 Å². The molecule has 2 heteroatoms. The number of hydrogen-bond donors (Lipinski definition) is 0. The van der Waals surface area contributed by atoms with Crippen LogP contribution < -0.4 is 0 Å². The Morgan fingerprint density at radius 3 is 2.69 bits per heavy atom. The lowest BCUT2D eigenvalue weighted by Gasteiger charge is -2.12. The van der Waals surface area contributed by atoms with Crippen LogP contribution in [0.3, 0.4) is 0 Å². The summed E-state index contributed by atoms with van der Waals surface area (Å²) in [5.74, 6) is 0.975. The smallest absolute Gasteiger partial charge is 0.111 e. The molecule has 0 radical (unpaired) electrons. The molecule has 0 aliphatic heterocycles. The number of aromatic nitrogens is 2. The standard InChI is InChI=1S/C14H16N2/c1-4-13-14(5-2)16(11(3)15-13)12-9-7-6-8-10-12/h4-5,7,9-10H,1-2,6,8H2,3H3. The second kappa shape index (κ2) is 4.35. The Labute approximate surface area is 96.3 Å². The number of nitrogens with zero attached hydrogens (tertiary/aromatic N) is 2. The van der Waals surface area contributed by atoms with Gasteiger partial charge in [0.05, 0.1) is 11.4 Å². The summed E-state index contributed by atoms with van der Waals surface area (Å²) >= 11 is 0. The maximum Gasteiger partial charge on any atom is 0.111 e. The zero-order valence-corrected chi connectivity index (χ0v) is 9.61. The molecule has 0 amide bonds. The number of rotatable bonds is 3. The van der Waals surface area contributed by atoms with Crippen LogP contribution in [-0.2, 0) is 0 Å². The molecule has 1 aromatic rings. The summed E-state index contributed by atoms with van der Waals surface area (Å²) in [7, 11) is 0. The van der Waals surface area contributed by atoms with Crippen LogP contribution in [0.25, 0.3) is 17.8 Å². The van der Waals surface area contributed by atoms with Crippen molar-refractivity contribution in [3.8, 4) is 0 Å². The molecule has 0 unspecified atom stereocenters. The molecule has 1 aliphatic carbocycles. The van der Waals surface area contributed by atoms with Crippen LogP contribution >= 0.6 is 0 Å². The van der Waals surface area contributed by atoms with Crippen LogP contribution in [0.2, 0.25) is 0 Å². The van der Waals surface area contributed by atoms with Crippen LogP contribution in [0, 0.1) is 6.92 Å². The van der Waals surface area contributed by atoms with Gasteiger partial charge < -0.3 is 0 Å². The molecule has 1 heterocycles. The first-order valence-corrected chi connectivity index (χ1v) is 5.49. The second-order valence-corrected chi connectivity index (χ2v) is 3.78. The lowest BCUT2D eigenvalue weighted by Crippen LogP contribution is -2.01. The normalized spacial score (nSPS) is 14.7. The quantitative estimate of drug-likeness (QED) is 0.747. The molecule has 2 nitrogen and oxygen atoms in total. The highest BCUT2D eigenvalue weighted by atomic mass is 15.1. The van der Waals surface area contributed by atoms with Gasteiger partial charge >= 0.3 is 0 Å². The molecule has 0 bridgehead atoms. The van der Waals surface area contributed by atoms with Crippen LogP contribution in [0.4, 0.5) is 0 Å². The molecule has 0 aromatic carbocycles. The van der Waals surface area contributed by atoms with Gasteiger partial charge in [0, 0.05) is 5.70 Å². The maximum atomic E-state index is 4.47. The minimum atomic E-state index is 0.896. The first kappa shape index (κ1) is 10.7. The molecule has 0 atom stereocenters. The molecule has 0 saturated heterocycles. The Bertz CT molecular complexity index is 487. The van der Waals surface area contributed by atoms with Gasteiger partial charge in [-0.3, -0.25) is 4.57 Å². The molecule has 1 aliphatic rings. The topological polar surface area (TPSA) is 17.8 Å². The van der Waals surface area contributed by atoms with Gasteiger partial charge in [0.2, 0.25) is 0 Å². The Kier molecular flexibility index (Phi) is 2.91. The van der Waals surface area contributed by atoms with Gasteiger partial charge in [0.25, 0.3) is 0 Å². The minimum absolute atomic E-state index is 0.896. The Morgan fingerprint density at radius 2 is 2.12 bits per heavy atom. The fourth-order valence-corrected chi connectivity index (χ4v) is 2.01. The summed E-state index contributed by atoms with van der Waals surface area (Å²) in [4.78, 5) is 4.47. The van der Waals surface area contributed by atoms with Crippen molar-refractivity contribution in [3.63, 3.8) is 0 Å². The van der Waals surface area contributed by atoms with E-state index in [-0.39, 0.29) is 0 Å². The summed E-state index contributed by atoms with van der Waals surface area (Å²) in [5.41, 5.74) is 3.09. The maximum absolute atomic E-state index is 4.47. The third-order valence-corrected chi connectivity index (χ3v) is 2.73. The summed E-state index contributed by atoms with van der Waals surface area (Å²) in [6.07, 6.45) is 12.4. The van der Waals surface area contributed by atoms with Crippen LogP contribution in [0.1, 0.15) is 30.1 Å². The van der Waals surface area contributed by atoms with Gasteiger partial charge in [0.1, 0.15) is 5.82 Å². The molecule has 0 fully saturated rings. The van der Waals surface area contributed by atoms with Crippen molar-refractivity contribution in [2.24, 2.45) is 0 Å². The lowest BCUT2D eigenvalue weighted by atomic mass is 10.1. The monoisotopic (exact) mass is 212 g/mol. The molecular weight excluding hydrogens is 196 g/mol. The van der Waals surface area contributed by atoms with E-state index in [9.17, 15) is 0 Å². The predicted molar refractivity (Wildman–Crippen MR) is 69.8 cm³/mol. The zero-order chi connectivity index (χ0) is 11.5. The second-order valence-electron chi connectivity index (χ2n) is 3.78. The highest BCUT2D eigenvalue weighted by Crippen LogP contribution is 2.23. The van der Waals surface area contributed by atoms with Gasteiger partial charge in [0.15, 0.2) is 0 Å². The summed E-state index contributed by atoms with van der Waals surface area (Å²) < 4.78 is 2.12. The Balaban J connectivity index is 2.59.